The zero-order valence-electron chi connectivity index (χ0n) is 8.60. The standard InChI is InChI=1S/C8H8N2O2.C2H6/c1-6-9(11)7-4-2-3-5-8(7)10(6)12;1-2/h2-6H,1H3;1-2H3/q+2;. The van der Waals surface area contributed by atoms with Crippen LogP contribution in [-0.4, -0.2) is 15.7 Å². The molecule has 0 aliphatic carbocycles. The normalized spacial score (nSPS) is 14.8. The Morgan fingerprint density at radius 2 is 1.36 bits per heavy atom. The number of nitrogens with zero attached hydrogens (tertiary/aromatic N) is 2. The van der Waals surface area contributed by atoms with Crippen molar-refractivity contribution in [1.29, 1.82) is 0 Å². The van der Waals surface area contributed by atoms with Crippen molar-refractivity contribution in [1.82, 2.24) is 0 Å². The Morgan fingerprint density at radius 3 is 1.71 bits per heavy atom. The van der Waals surface area contributed by atoms with Gasteiger partial charge in [-0.1, -0.05) is 26.0 Å². The van der Waals surface area contributed by atoms with Gasteiger partial charge >= 0.3 is 17.5 Å². The van der Waals surface area contributed by atoms with E-state index in [2.05, 4.69) is 0 Å². The molecule has 1 aliphatic rings. The molecule has 0 aromatic heterocycles. The number of hydrogen-bond donors (Lipinski definition) is 0. The molecule has 0 spiro atoms. The van der Waals surface area contributed by atoms with Crippen LogP contribution in [0, 0.1) is 9.81 Å². The van der Waals surface area contributed by atoms with Crippen LogP contribution in [0.3, 0.4) is 0 Å². The number of nitroso groups, excluding NO2 is 2. The maximum absolute atomic E-state index is 11.3. The second kappa shape index (κ2) is 4.09. The molecule has 14 heavy (non-hydrogen) atoms. The summed E-state index contributed by atoms with van der Waals surface area (Å²) in [6.45, 7) is 5.58. The van der Waals surface area contributed by atoms with Crippen LogP contribution >= 0.6 is 0 Å². The van der Waals surface area contributed by atoms with E-state index in [1.807, 2.05) is 13.8 Å². The smallest absolute Gasteiger partial charge is 0.0683 e. The Kier molecular flexibility index (Phi) is 3.06. The zero-order valence-corrected chi connectivity index (χ0v) is 8.60. The minimum atomic E-state index is -0.637. The molecule has 0 fully saturated rings. The van der Waals surface area contributed by atoms with Crippen molar-refractivity contribution in [3.05, 3.63) is 34.1 Å². The fourth-order valence-electron chi connectivity index (χ4n) is 1.33. The van der Waals surface area contributed by atoms with E-state index in [0.29, 0.717) is 11.4 Å². The van der Waals surface area contributed by atoms with Crippen molar-refractivity contribution in [2.45, 2.75) is 26.9 Å². The molecule has 0 amide bonds. The molecule has 1 aromatic rings. The van der Waals surface area contributed by atoms with E-state index in [0.717, 1.165) is 9.52 Å². The van der Waals surface area contributed by atoms with Crippen molar-refractivity contribution in [2.75, 3.05) is 0 Å². The number of hydrogen-bond acceptors (Lipinski definition) is 2. The Labute approximate surface area is 82.7 Å². The van der Waals surface area contributed by atoms with Gasteiger partial charge < -0.3 is 0 Å². The monoisotopic (exact) mass is 194 g/mol. The van der Waals surface area contributed by atoms with E-state index in [-0.39, 0.29) is 0 Å². The Balaban J connectivity index is 0.000000461. The minimum absolute atomic E-state index is 0.458. The third-order valence-corrected chi connectivity index (χ3v) is 2.04. The van der Waals surface area contributed by atoms with Crippen molar-refractivity contribution in [3.8, 4) is 0 Å². The Bertz CT molecular complexity index is 339. The molecule has 0 saturated heterocycles. The van der Waals surface area contributed by atoms with Gasteiger partial charge in [0, 0.05) is 21.9 Å². The molecule has 1 aliphatic heterocycles. The highest BCUT2D eigenvalue weighted by molar-refractivity contribution is 5.52. The largest absolute Gasteiger partial charge is 0.441 e. The van der Waals surface area contributed by atoms with Crippen LogP contribution < -0.4 is 0 Å². The SMILES string of the molecule is CC.CC1[N+](=O)c2ccccc2[N+]1=O. The van der Waals surface area contributed by atoms with Crippen LogP contribution in [0.25, 0.3) is 0 Å². The highest BCUT2D eigenvalue weighted by atomic mass is 16.3. The van der Waals surface area contributed by atoms with E-state index >= 15 is 0 Å². The first-order valence-electron chi connectivity index (χ1n) is 4.73. The maximum Gasteiger partial charge on any atom is 0.441 e. The predicted octanol–water partition coefficient (Wildman–Crippen LogP) is 2.89. The quantitative estimate of drug-likeness (QED) is 0.596. The highest BCUT2D eigenvalue weighted by Gasteiger charge is 2.51. The molecule has 0 bridgehead atoms. The van der Waals surface area contributed by atoms with Crippen LogP contribution in [0.15, 0.2) is 24.3 Å². The first kappa shape index (κ1) is 10.5. The summed E-state index contributed by atoms with van der Waals surface area (Å²) in [5.74, 6) is 0. The first-order chi connectivity index (χ1) is 6.72. The summed E-state index contributed by atoms with van der Waals surface area (Å²) in [4.78, 5) is 22.6. The molecule has 0 saturated carbocycles. The third kappa shape index (κ3) is 1.43. The fraction of sp³-hybridized carbons (Fsp3) is 0.400. The van der Waals surface area contributed by atoms with E-state index in [4.69, 9.17) is 0 Å². The lowest BCUT2D eigenvalue weighted by molar-refractivity contribution is -0.690. The summed E-state index contributed by atoms with van der Waals surface area (Å²) in [6, 6.07) is 6.79. The van der Waals surface area contributed by atoms with E-state index in [1.54, 1.807) is 31.2 Å². The van der Waals surface area contributed by atoms with Gasteiger partial charge in [-0.25, -0.2) is 0 Å². The van der Waals surface area contributed by atoms with Crippen LogP contribution in [0.1, 0.15) is 20.8 Å². The molecule has 2 rings (SSSR count). The third-order valence-electron chi connectivity index (χ3n) is 2.04. The molecular weight excluding hydrogens is 180 g/mol. The lowest BCUT2D eigenvalue weighted by atomic mass is 10.3. The predicted molar refractivity (Wildman–Crippen MR) is 53.8 cm³/mol. The number of para-hydroxylation sites is 2. The number of fused-ring (bicyclic) bond motifs is 1. The van der Waals surface area contributed by atoms with Gasteiger partial charge in [-0.05, 0) is 0 Å². The molecule has 0 atom stereocenters. The highest BCUT2D eigenvalue weighted by Crippen LogP contribution is 2.34. The summed E-state index contributed by atoms with van der Waals surface area (Å²) < 4.78 is 1.45. The number of benzene rings is 1. The average molecular weight is 194 g/mol. The Morgan fingerprint density at radius 1 is 1.00 bits per heavy atom. The first-order valence-corrected chi connectivity index (χ1v) is 4.73. The van der Waals surface area contributed by atoms with Crippen molar-refractivity contribution >= 4 is 11.4 Å². The molecule has 0 unspecified atom stereocenters. The van der Waals surface area contributed by atoms with Crippen molar-refractivity contribution < 1.29 is 9.52 Å². The summed E-state index contributed by atoms with van der Waals surface area (Å²) in [7, 11) is 0. The lowest BCUT2D eigenvalue weighted by Gasteiger charge is -1.77. The summed E-state index contributed by atoms with van der Waals surface area (Å²) in [6.07, 6.45) is -0.637. The summed E-state index contributed by atoms with van der Waals surface area (Å²) >= 11 is 0. The number of rotatable bonds is 0. The van der Waals surface area contributed by atoms with Gasteiger partial charge in [0.15, 0.2) is 0 Å². The zero-order chi connectivity index (χ0) is 10.7. The van der Waals surface area contributed by atoms with Crippen molar-refractivity contribution in [2.24, 2.45) is 0 Å². The van der Waals surface area contributed by atoms with Gasteiger partial charge in [0.25, 0.3) is 0 Å². The molecule has 4 nitrogen and oxygen atoms in total. The maximum atomic E-state index is 11.3. The van der Waals surface area contributed by atoms with Crippen LogP contribution in [0.5, 0.6) is 0 Å². The Hall–Kier alpha value is -1.58. The average Bonchev–Trinajstić information content (AvgIpc) is 2.48. The summed E-state index contributed by atoms with van der Waals surface area (Å²) in [5, 5.41) is 0. The molecule has 1 aromatic carbocycles. The lowest BCUT2D eigenvalue weighted by Crippen LogP contribution is -2.18. The minimum Gasteiger partial charge on any atom is -0.0683 e. The molecule has 4 heteroatoms. The van der Waals surface area contributed by atoms with E-state index in [9.17, 15) is 9.81 Å². The molecule has 0 radical (unpaired) electrons. The fourth-order valence-corrected chi connectivity index (χ4v) is 1.33. The molecule has 74 valence electrons. The van der Waals surface area contributed by atoms with Crippen LogP contribution in [0.2, 0.25) is 0 Å². The van der Waals surface area contributed by atoms with Gasteiger partial charge in [-0.3, -0.25) is 0 Å². The van der Waals surface area contributed by atoms with Gasteiger partial charge in [-0.15, -0.1) is 0 Å². The topological polar surface area (TPSA) is 40.2 Å². The van der Waals surface area contributed by atoms with E-state index in [1.165, 1.54) is 0 Å². The molecular formula is C10H14N2O2+2. The summed E-state index contributed by atoms with van der Waals surface area (Å²) in [5.41, 5.74) is 0.917. The second-order valence-electron chi connectivity index (χ2n) is 2.77. The van der Waals surface area contributed by atoms with Gasteiger partial charge in [0.2, 0.25) is 0 Å². The van der Waals surface area contributed by atoms with Crippen LogP contribution in [-0.2, 0) is 0 Å². The van der Waals surface area contributed by atoms with Gasteiger partial charge in [0.05, 0.1) is 6.92 Å². The van der Waals surface area contributed by atoms with E-state index < -0.39 is 6.17 Å². The second-order valence-corrected chi connectivity index (χ2v) is 2.77. The van der Waals surface area contributed by atoms with Crippen LogP contribution in [0.4, 0.5) is 11.4 Å². The van der Waals surface area contributed by atoms with Crippen molar-refractivity contribution in [3.63, 3.8) is 0 Å². The molecule has 0 N–H and O–H groups in total. The van der Waals surface area contributed by atoms with Gasteiger partial charge in [0.1, 0.15) is 9.52 Å². The molecule has 1 heterocycles. The van der Waals surface area contributed by atoms with Gasteiger partial charge in [-0.2, -0.15) is 0 Å².